The van der Waals surface area contributed by atoms with Gasteiger partial charge in [-0.1, -0.05) is 12.8 Å². The smallest absolute Gasteiger partial charge is 0.150 e. The summed E-state index contributed by atoms with van der Waals surface area (Å²) in [6.07, 6.45) is 6.67. The van der Waals surface area contributed by atoms with Crippen molar-refractivity contribution < 1.29 is 8.78 Å². The highest BCUT2D eigenvalue weighted by Crippen LogP contribution is 2.39. The van der Waals surface area contributed by atoms with E-state index in [-0.39, 0.29) is 23.1 Å². The summed E-state index contributed by atoms with van der Waals surface area (Å²) in [5.74, 6) is -0.967. The molecule has 0 spiro atoms. The number of rotatable bonds is 2. The van der Waals surface area contributed by atoms with Crippen LogP contribution in [0.4, 0.5) is 14.5 Å². The lowest BCUT2D eigenvalue weighted by Crippen LogP contribution is -2.47. The summed E-state index contributed by atoms with van der Waals surface area (Å²) < 4.78 is 28.8. The van der Waals surface area contributed by atoms with Gasteiger partial charge >= 0.3 is 0 Å². The molecule has 1 aromatic carbocycles. The molecule has 1 saturated carbocycles. The second-order valence-corrected chi connectivity index (χ2v) is 6.15. The van der Waals surface area contributed by atoms with Gasteiger partial charge in [0.1, 0.15) is 23.2 Å². The van der Waals surface area contributed by atoms with E-state index in [1.165, 1.54) is 18.6 Å². The SMILES string of the molecule is N=C(N)c1cc(F)c(N2CCCC3CCCCC32)c(F)c1. The molecule has 0 amide bonds. The van der Waals surface area contributed by atoms with Gasteiger partial charge in [0.2, 0.25) is 0 Å². The maximum Gasteiger partial charge on any atom is 0.150 e. The summed E-state index contributed by atoms with van der Waals surface area (Å²) in [6.45, 7) is 0.703. The first-order valence-electron chi connectivity index (χ1n) is 7.68. The van der Waals surface area contributed by atoms with Crippen LogP contribution in [0.15, 0.2) is 12.1 Å². The van der Waals surface area contributed by atoms with Gasteiger partial charge in [0.05, 0.1) is 0 Å². The molecule has 1 aromatic rings. The summed E-state index contributed by atoms with van der Waals surface area (Å²) in [7, 11) is 0. The summed E-state index contributed by atoms with van der Waals surface area (Å²) in [5.41, 5.74) is 5.49. The first-order valence-corrected chi connectivity index (χ1v) is 7.68. The highest BCUT2D eigenvalue weighted by Gasteiger charge is 2.35. The number of nitrogens with zero attached hydrogens (tertiary/aromatic N) is 1. The molecule has 0 aromatic heterocycles. The van der Waals surface area contributed by atoms with Crippen LogP contribution in [0.2, 0.25) is 0 Å². The molecule has 2 unspecified atom stereocenters. The fraction of sp³-hybridized carbons (Fsp3) is 0.562. The molecule has 3 nitrogen and oxygen atoms in total. The zero-order chi connectivity index (χ0) is 15.0. The van der Waals surface area contributed by atoms with Crippen LogP contribution >= 0.6 is 0 Å². The van der Waals surface area contributed by atoms with Crippen LogP contribution in [0.5, 0.6) is 0 Å². The van der Waals surface area contributed by atoms with Crippen LogP contribution in [-0.4, -0.2) is 18.4 Å². The first-order chi connectivity index (χ1) is 10.1. The van der Waals surface area contributed by atoms with Crippen molar-refractivity contribution in [3.05, 3.63) is 29.3 Å². The number of amidine groups is 1. The molecular formula is C16H21F2N3. The number of hydrogen-bond acceptors (Lipinski definition) is 2. The van der Waals surface area contributed by atoms with Crippen LogP contribution in [0.1, 0.15) is 44.1 Å². The second-order valence-electron chi connectivity index (χ2n) is 6.15. The zero-order valence-corrected chi connectivity index (χ0v) is 12.0. The van der Waals surface area contributed by atoms with Crippen molar-refractivity contribution in [2.45, 2.75) is 44.6 Å². The highest BCUT2D eigenvalue weighted by molar-refractivity contribution is 5.95. The molecule has 0 radical (unpaired) electrons. The standard InChI is InChI=1S/C16H21F2N3/c17-12-8-11(16(19)20)9-13(18)15(12)21-7-3-5-10-4-1-2-6-14(10)21/h8-10,14H,1-7H2,(H3,19,20). The Kier molecular flexibility index (Phi) is 3.83. The summed E-state index contributed by atoms with van der Waals surface area (Å²) >= 11 is 0. The third-order valence-electron chi connectivity index (χ3n) is 4.86. The lowest BCUT2D eigenvalue weighted by atomic mass is 9.78. The van der Waals surface area contributed by atoms with Gasteiger partial charge in [-0.15, -0.1) is 0 Å². The van der Waals surface area contributed by atoms with Gasteiger partial charge in [-0.2, -0.15) is 0 Å². The van der Waals surface area contributed by atoms with Crippen molar-refractivity contribution in [3.63, 3.8) is 0 Å². The van der Waals surface area contributed by atoms with E-state index in [0.29, 0.717) is 12.5 Å². The Morgan fingerprint density at radius 3 is 2.38 bits per heavy atom. The maximum atomic E-state index is 14.4. The molecule has 2 fully saturated rings. The van der Waals surface area contributed by atoms with Crippen LogP contribution in [0.25, 0.3) is 0 Å². The Balaban J connectivity index is 1.97. The summed E-state index contributed by atoms with van der Waals surface area (Å²) in [4.78, 5) is 1.92. The minimum Gasteiger partial charge on any atom is -0.384 e. The first kappa shape index (κ1) is 14.3. The van der Waals surface area contributed by atoms with E-state index in [2.05, 4.69) is 0 Å². The van der Waals surface area contributed by atoms with Crippen molar-refractivity contribution in [2.75, 3.05) is 11.4 Å². The number of benzene rings is 1. The van der Waals surface area contributed by atoms with Crippen LogP contribution in [0, 0.1) is 23.0 Å². The van der Waals surface area contributed by atoms with E-state index < -0.39 is 11.6 Å². The molecule has 21 heavy (non-hydrogen) atoms. The second kappa shape index (κ2) is 5.62. The van der Waals surface area contributed by atoms with E-state index in [1.54, 1.807) is 0 Å². The molecule has 2 atom stereocenters. The minimum atomic E-state index is -0.605. The number of piperidine rings is 1. The van der Waals surface area contributed by atoms with Gasteiger partial charge in [-0.3, -0.25) is 5.41 Å². The number of nitrogens with one attached hydrogen (secondary N) is 1. The Morgan fingerprint density at radius 1 is 1.10 bits per heavy atom. The van der Waals surface area contributed by atoms with Crippen LogP contribution < -0.4 is 10.6 Å². The van der Waals surface area contributed by atoms with Gasteiger partial charge in [0, 0.05) is 18.2 Å². The molecule has 2 aliphatic rings. The molecule has 3 rings (SSSR count). The van der Waals surface area contributed by atoms with E-state index in [0.717, 1.165) is 32.1 Å². The Morgan fingerprint density at radius 2 is 1.71 bits per heavy atom. The normalized spacial score (nSPS) is 25.5. The van der Waals surface area contributed by atoms with Crippen molar-refractivity contribution in [1.29, 1.82) is 5.41 Å². The third kappa shape index (κ3) is 2.61. The molecule has 5 heteroatoms. The average molecular weight is 293 g/mol. The predicted molar refractivity (Wildman–Crippen MR) is 79.7 cm³/mol. The van der Waals surface area contributed by atoms with E-state index >= 15 is 0 Å². The summed E-state index contributed by atoms with van der Waals surface area (Å²) in [5, 5.41) is 7.32. The zero-order valence-electron chi connectivity index (χ0n) is 12.0. The largest absolute Gasteiger partial charge is 0.384 e. The molecule has 1 saturated heterocycles. The van der Waals surface area contributed by atoms with Crippen LogP contribution in [0.3, 0.4) is 0 Å². The molecule has 0 bridgehead atoms. The lowest BCUT2D eigenvalue weighted by molar-refractivity contribution is 0.241. The molecule has 3 N–H and O–H groups in total. The van der Waals surface area contributed by atoms with E-state index in [1.807, 2.05) is 4.90 Å². The minimum absolute atomic E-state index is 0.0663. The predicted octanol–water partition coefficient (Wildman–Crippen LogP) is 3.41. The van der Waals surface area contributed by atoms with Gasteiger partial charge in [-0.25, -0.2) is 8.78 Å². The van der Waals surface area contributed by atoms with E-state index in [9.17, 15) is 8.78 Å². The maximum absolute atomic E-state index is 14.4. The molecular weight excluding hydrogens is 272 g/mol. The molecule has 1 aliphatic carbocycles. The van der Waals surface area contributed by atoms with Crippen molar-refractivity contribution in [1.82, 2.24) is 0 Å². The third-order valence-corrected chi connectivity index (χ3v) is 4.86. The number of nitrogens with two attached hydrogens (primary N) is 1. The number of anilines is 1. The van der Waals surface area contributed by atoms with Gasteiger partial charge in [-0.05, 0) is 43.7 Å². The average Bonchev–Trinajstić information content (AvgIpc) is 2.46. The molecule has 1 heterocycles. The molecule has 1 aliphatic heterocycles. The fourth-order valence-corrected chi connectivity index (χ4v) is 3.90. The molecule has 114 valence electrons. The van der Waals surface area contributed by atoms with Crippen molar-refractivity contribution in [2.24, 2.45) is 11.7 Å². The van der Waals surface area contributed by atoms with Gasteiger partial charge in [0.15, 0.2) is 0 Å². The fourth-order valence-electron chi connectivity index (χ4n) is 3.90. The van der Waals surface area contributed by atoms with Gasteiger partial charge in [0.25, 0.3) is 0 Å². The number of halogens is 2. The van der Waals surface area contributed by atoms with Crippen LogP contribution in [-0.2, 0) is 0 Å². The summed E-state index contributed by atoms with van der Waals surface area (Å²) in [6, 6.07) is 2.60. The quantitative estimate of drug-likeness (QED) is 0.648. The monoisotopic (exact) mass is 293 g/mol. The number of nitrogen functional groups attached to an aromatic ring is 1. The van der Waals surface area contributed by atoms with Gasteiger partial charge < -0.3 is 10.6 Å². The topological polar surface area (TPSA) is 53.1 Å². The van der Waals surface area contributed by atoms with Crippen molar-refractivity contribution >= 4 is 11.5 Å². The lowest BCUT2D eigenvalue weighted by Gasteiger charge is -2.45. The Bertz CT molecular complexity index is 533. The Hall–Kier alpha value is -1.65. The highest BCUT2D eigenvalue weighted by atomic mass is 19.1. The number of fused-ring (bicyclic) bond motifs is 1. The van der Waals surface area contributed by atoms with E-state index in [4.69, 9.17) is 11.1 Å². The number of hydrogen-bond donors (Lipinski definition) is 2. The van der Waals surface area contributed by atoms with Crippen molar-refractivity contribution in [3.8, 4) is 0 Å². The Labute approximate surface area is 123 Å².